The van der Waals surface area contributed by atoms with Crippen molar-refractivity contribution in [2.75, 3.05) is 6.54 Å². The van der Waals surface area contributed by atoms with Crippen molar-refractivity contribution in [3.63, 3.8) is 0 Å². The zero-order valence-electron chi connectivity index (χ0n) is 11.8. The molecule has 3 rings (SSSR count). The van der Waals surface area contributed by atoms with Crippen LogP contribution >= 0.6 is 11.3 Å². The van der Waals surface area contributed by atoms with Crippen molar-refractivity contribution >= 4 is 11.3 Å². The maximum Gasteiger partial charge on any atom is 0.0968 e. The van der Waals surface area contributed by atoms with Crippen molar-refractivity contribution in [2.45, 2.75) is 64.8 Å². The van der Waals surface area contributed by atoms with Crippen molar-refractivity contribution in [3.05, 3.63) is 15.6 Å². The van der Waals surface area contributed by atoms with Gasteiger partial charge in [-0.1, -0.05) is 20.8 Å². The number of aryl methyl sites for hydroxylation is 1. The van der Waals surface area contributed by atoms with Gasteiger partial charge in [0.2, 0.25) is 0 Å². The fourth-order valence-electron chi connectivity index (χ4n) is 2.99. The summed E-state index contributed by atoms with van der Waals surface area (Å²) in [4.78, 5) is 6.56. The Morgan fingerprint density at radius 3 is 2.89 bits per heavy atom. The standard InChI is InChI=1S/C15H24N2S/c1-4-8-16-11-6-5-7-12-13(11)17-14(18-12)10-9-15(10,2)3/h10-11,16H,4-9H2,1-3H3. The molecule has 2 aliphatic carbocycles. The molecule has 0 bridgehead atoms. The minimum atomic E-state index is 0.507. The molecule has 1 saturated carbocycles. The second-order valence-corrected chi connectivity index (χ2v) is 7.62. The largest absolute Gasteiger partial charge is 0.309 e. The third-order valence-electron chi connectivity index (χ3n) is 4.42. The quantitative estimate of drug-likeness (QED) is 0.888. The normalized spacial score (nSPS) is 29.1. The van der Waals surface area contributed by atoms with Gasteiger partial charge >= 0.3 is 0 Å². The fourth-order valence-corrected chi connectivity index (χ4v) is 4.47. The van der Waals surface area contributed by atoms with Crippen LogP contribution in [0.4, 0.5) is 0 Å². The average Bonchev–Trinajstić information content (AvgIpc) is 2.80. The van der Waals surface area contributed by atoms with Crippen LogP contribution in [0.2, 0.25) is 0 Å². The molecule has 0 aromatic carbocycles. The Balaban J connectivity index is 1.80. The molecule has 18 heavy (non-hydrogen) atoms. The number of thiazole rings is 1. The Bertz CT molecular complexity index is 436. The van der Waals surface area contributed by atoms with Crippen LogP contribution in [0.5, 0.6) is 0 Å². The van der Waals surface area contributed by atoms with Crippen molar-refractivity contribution < 1.29 is 0 Å². The van der Waals surface area contributed by atoms with Gasteiger partial charge in [0, 0.05) is 10.8 Å². The molecule has 2 nitrogen and oxygen atoms in total. The molecule has 1 fully saturated rings. The van der Waals surface area contributed by atoms with Crippen LogP contribution in [0.25, 0.3) is 0 Å². The van der Waals surface area contributed by atoms with E-state index in [0.717, 1.165) is 12.5 Å². The molecule has 1 N–H and O–H groups in total. The van der Waals surface area contributed by atoms with Crippen molar-refractivity contribution in [1.82, 2.24) is 10.3 Å². The third-order valence-corrected chi connectivity index (χ3v) is 5.67. The predicted molar refractivity (Wildman–Crippen MR) is 77.2 cm³/mol. The molecule has 1 aromatic heterocycles. The number of rotatable bonds is 4. The van der Waals surface area contributed by atoms with Crippen LogP contribution in [0.1, 0.15) is 74.0 Å². The zero-order chi connectivity index (χ0) is 12.8. The lowest BCUT2D eigenvalue weighted by atomic mass is 9.97. The molecular weight excluding hydrogens is 240 g/mol. The lowest BCUT2D eigenvalue weighted by Gasteiger charge is -2.22. The van der Waals surface area contributed by atoms with E-state index in [0.29, 0.717) is 11.5 Å². The molecule has 1 aromatic rings. The average molecular weight is 264 g/mol. The maximum atomic E-state index is 5.00. The highest BCUT2D eigenvalue weighted by Gasteiger charge is 2.48. The highest BCUT2D eigenvalue weighted by atomic mass is 32.1. The van der Waals surface area contributed by atoms with Crippen LogP contribution in [-0.2, 0) is 6.42 Å². The summed E-state index contributed by atoms with van der Waals surface area (Å²) in [6.07, 6.45) is 6.38. The van der Waals surface area contributed by atoms with E-state index in [1.807, 2.05) is 11.3 Å². The van der Waals surface area contributed by atoms with Crippen molar-refractivity contribution in [1.29, 1.82) is 0 Å². The highest BCUT2D eigenvalue weighted by molar-refractivity contribution is 7.11. The molecule has 2 aliphatic rings. The smallest absolute Gasteiger partial charge is 0.0968 e. The minimum absolute atomic E-state index is 0.507. The van der Waals surface area contributed by atoms with Crippen LogP contribution in [0.3, 0.4) is 0 Å². The monoisotopic (exact) mass is 264 g/mol. The van der Waals surface area contributed by atoms with Gasteiger partial charge in [-0.2, -0.15) is 0 Å². The van der Waals surface area contributed by atoms with Gasteiger partial charge in [-0.25, -0.2) is 4.98 Å². The van der Waals surface area contributed by atoms with Crippen LogP contribution < -0.4 is 5.32 Å². The van der Waals surface area contributed by atoms with E-state index < -0.39 is 0 Å². The van der Waals surface area contributed by atoms with Crippen molar-refractivity contribution in [3.8, 4) is 0 Å². The molecule has 0 saturated heterocycles. The summed E-state index contributed by atoms with van der Waals surface area (Å²) in [5.41, 5.74) is 1.89. The first-order chi connectivity index (χ1) is 8.62. The molecule has 0 radical (unpaired) electrons. The van der Waals surface area contributed by atoms with Gasteiger partial charge in [0.05, 0.1) is 16.7 Å². The third kappa shape index (κ3) is 2.23. The van der Waals surface area contributed by atoms with E-state index in [-0.39, 0.29) is 0 Å². The van der Waals surface area contributed by atoms with E-state index in [1.54, 1.807) is 4.88 Å². The number of nitrogens with one attached hydrogen (secondary N) is 1. The number of hydrogen-bond acceptors (Lipinski definition) is 3. The topological polar surface area (TPSA) is 24.9 Å². The molecule has 0 amide bonds. The summed E-state index contributed by atoms with van der Waals surface area (Å²) in [6.45, 7) is 8.08. The van der Waals surface area contributed by atoms with Gasteiger partial charge < -0.3 is 5.32 Å². The van der Waals surface area contributed by atoms with Gasteiger partial charge in [-0.15, -0.1) is 11.3 Å². The lowest BCUT2D eigenvalue weighted by molar-refractivity contribution is 0.453. The van der Waals surface area contributed by atoms with Gasteiger partial charge in [0.1, 0.15) is 0 Å². The summed E-state index contributed by atoms with van der Waals surface area (Å²) in [5.74, 6) is 0.736. The first-order valence-corrected chi connectivity index (χ1v) is 8.16. The Morgan fingerprint density at radius 1 is 1.44 bits per heavy atom. The Labute approximate surface area is 114 Å². The van der Waals surface area contributed by atoms with E-state index in [4.69, 9.17) is 4.98 Å². The number of hydrogen-bond donors (Lipinski definition) is 1. The number of nitrogens with zero attached hydrogens (tertiary/aromatic N) is 1. The highest BCUT2D eigenvalue weighted by Crippen LogP contribution is 2.59. The number of fused-ring (bicyclic) bond motifs is 1. The van der Waals surface area contributed by atoms with Gasteiger partial charge in [0.15, 0.2) is 0 Å². The first kappa shape index (κ1) is 12.6. The molecule has 3 heteroatoms. The molecule has 0 aliphatic heterocycles. The fraction of sp³-hybridized carbons (Fsp3) is 0.800. The maximum absolute atomic E-state index is 5.00. The molecular formula is C15H24N2S. The van der Waals surface area contributed by atoms with Gasteiger partial charge in [0.25, 0.3) is 0 Å². The Morgan fingerprint density at radius 2 is 2.22 bits per heavy atom. The second-order valence-electron chi connectivity index (χ2n) is 6.50. The van der Waals surface area contributed by atoms with Crippen molar-refractivity contribution in [2.24, 2.45) is 5.41 Å². The van der Waals surface area contributed by atoms with E-state index in [9.17, 15) is 0 Å². The Kier molecular flexibility index (Phi) is 3.23. The van der Waals surface area contributed by atoms with Crippen LogP contribution in [0.15, 0.2) is 0 Å². The van der Waals surface area contributed by atoms with Crippen LogP contribution in [0, 0.1) is 5.41 Å². The molecule has 2 atom stereocenters. The summed E-state index contributed by atoms with van der Waals surface area (Å²) in [6, 6.07) is 0.528. The number of aromatic nitrogens is 1. The summed E-state index contributed by atoms with van der Waals surface area (Å²) in [7, 11) is 0. The summed E-state index contributed by atoms with van der Waals surface area (Å²) < 4.78 is 0. The zero-order valence-corrected chi connectivity index (χ0v) is 12.6. The lowest BCUT2D eigenvalue weighted by Crippen LogP contribution is -2.25. The van der Waals surface area contributed by atoms with E-state index >= 15 is 0 Å². The SMILES string of the molecule is CCCNC1CCCc2sc(C3CC3(C)C)nc21. The second kappa shape index (κ2) is 4.61. The van der Waals surface area contributed by atoms with E-state index in [2.05, 4.69) is 26.1 Å². The summed E-state index contributed by atoms with van der Waals surface area (Å²) in [5, 5.41) is 5.08. The molecule has 2 unspecified atom stereocenters. The van der Waals surface area contributed by atoms with Crippen LogP contribution in [-0.4, -0.2) is 11.5 Å². The molecule has 0 spiro atoms. The summed E-state index contributed by atoms with van der Waals surface area (Å²) >= 11 is 1.99. The first-order valence-electron chi connectivity index (χ1n) is 7.34. The van der Waals surface area contributed by atoms with Gasteiger partial charge in [-0.3, -0.25) is 0 Å². The molecule has 100 valence electrons. The molecule has 1 heterocycles. The Hall–Kier alpha value is -0.410. The van der Waals surface area contributed by atoms with E-state index in [1.165, 1.54) is 42.8 Å². The minimum Gasteiger partial charge on any atom is -0.309 e. The van der Waals surface area contributed by atoms with Gasteiger partial charge in [-0.05, 0) is 44.1 Å². The predicted octanol–water partition coefficient (Wildman–Crippen LogP) is 4.03.